The molecule has 0 saturated carbocycles. The van der Waals surface area contributed by atoms with Crippen LogP contribution < -0.4 is 10.1 Å². The largest absolute Gasteiger partial charge is 0.480 e. The van der Waals surface area contributed by atoms with Crippen molar-refractivity contribution >= 4 is 29.8 Å². The van der Waals surface area contributed by atoms with E-state index in [0.29, 0.717) is 0 Å². The van der Waals surface area contributed by atoms with Crippen molar-refractivity contribution in [3.05, 3.63) is 29.8 Å². The number of nitrogens with one attached hydrogen (secondary N) is 1. The van der Waals surface area contributed by atoms with Crippen LogP contribution in [0.25, 0.3) is 0 Å². The second-order valence-electron chi connectivity index (χ2n) is 5.79. The van der Waals surface area contributed by atoms with Crippen LogP contribution in [0.3, 0.4) is 0 Å². The van der Waals surface area contributed by atoms with Crippen LogP contribution in [0.15, 0.2) is 24.3 Å². The molecule has 1 rings (SSSR count). The molecule has 2 atom stereocenters. The van der Waals surface area contributed by atoms with Gasteiger partial charge in [0, 0.05) is 18.4 Å². The van der Waals surface area contributed by atoms with Gasteiger partial charge < -0.3 is 24.6 Å². The molecule has 1 amide bonds. The molecule has 0 radical (unpaired) electrons. The first-order chi connectivity index (χ1) is 13.1. The van der Waals surface area contributed by atoms with Gasteiger partial charge in [-0.3, -0.25) is 19.2 Å². The Morgan fingerprint density at radius 1 is 0.964 bits per heavy atom. The molecule has 28 heavy (non-hydrogen) atoms. The van der Waals surface area contributed by atoms with E-state index in [9.17, 15) is 29.1 Å². The molecular weight excluding hydrogens is 374 g/mol. The van der Waals surface area contributed by atoms with Crippen molar-refractivity contribution in [3.63, 3.8) is 0 Å². The normalized spacial score (nSPS) is 12.5. The third kappa shape index (κ3) is 5.79. The second kappa shape index (κ2) is 10.0. The number of carbonyl (C=O) groups is 5. The van der Waals surface area contributed by atoms with E-state index in [0.717, 1.165) is 14.2 Å². The number of carbonyl (C=O) groups excluding carboxylic acids is 4. The molecular formula is C18H21NO9. The Morgan fingerprint density at radius 2 is 1.46 bits per heavy atom. The van der Waals surface area contributed by atoms with Crippen molar-refractivity contribution < 1.29 is 43.3 Å². The van der Waals surface area contributed by atoms with E-state index < -0.39 is 47.7 Å². The highest BCUT2D eigenvalue weighted by atomic mass is 16.5. The molecule has 152 valence electrons. The maximum atomic E-state index is 12.4. The van der Waals surface area contributed by atoms with Crippen molar-refractivity contribution in [3.8, 4) is 5.75 Å². The fraction of sp³-hybridized carbons (Fsp3) is 0.389. The highest BCUT2D eigenvalue weighted by Crippen LogP contribution is 2.20. The summed E-state index contributed by atoms with van der Waals surface area (Å²) in [5, 5.41) is 11.7. The zero-order valence-corrected chi connectivity index (χ0v) is 15.8. The number of rotatable bonds is 8. The Kier molecular flexibility index (Phi) is 8.11. The number of hydrogen-bond acceptors (Lipinski definition) is 8. The van der Waals surface area contributed by atoms with Gasteiger partial charge in [-0.25, -0.2) is 4.79 Å². The molecule has 0 saturated heterocycles. The van der Waals surface area contributed by atoms with Crippen LogP contribution in [-0.2, 0) is 28.7 Å². The smallest absolute Gasteiger partial charge is 0.326 e. The molecule has 0 aliphatic rings. The molecule has 0 fully saturated rings. The summed E-state index contributed by atoms with van der Waals surface area (Å²) in [5.74, 6) is -7.20. The standard InChI is InChI=1S/C18H21NO9/c1-9(13(17(24)26-3)18(25)27-4)14(16(22)23)19-15(21)11-5-7-12(8-6-11)28-10(2)20/h5-9,13-14H,1-4H3,(H,19,21)(H,22,23)/t9-,14+/m1/s1. The molecule has 1 aromatic rings. The van der Waals surface area contributed by atoms with Crippen molar-refractivity contribution in [2.24, 2.45) is 11.8 Å². The maximum Gasteiger partial charge on any atom is 0.326 e. The summed E-state index contributed by atoms with van der Waals surface area (Å²) in [6.07, 6.45) is 0. The first-order valence-corrected chi connectivity index (χ1v) is 8.10. The number of amides is 1. The summed E-state index contributed by atoms with van der Waals surface area (Å²) >= 11 is 0. The van der Waals surface area contributed by atoms with Crippen LogP contribution in [0.5, 0.6) is 5.75 Å². The monoisotopic (exact) mass is 395 g/mol. The maximum absolute atomic E-state index is 12.4. The van der Waals surface area contributed by atoms with E-state index in [2.05, 4.69) is 14.8 Å². The van der Waals surface area contributed by atoms with E-state index in [1.54, 1.807) is 0 Å². The molecule has 0 spiro atoms. The number of aliphatic carboxylic acids is 1. The van der Waals surface area contributed by atoms with Crippen molar-refractivity contribution in [2.75, 3.05) is 14.2 Å². The predicted molar refractivity (Wildman–Crippen MR) is 93.3 cm³/mol. The Labute approximate surface area is 160 Å². The fourth-order valence-electron chi connectivity index (χ4n) is 2.45. The summed E-state index contributed by atoms with van der Waals surface area (Å²) in [5.41, 5.74) is 0.0852. The van der Waals surface area contributed by atoms with Gasteiger partial charge >= 0.3 is 23.9 Å². The van der Waals surface area contributed by atoms with Gasteiger partial charge in [0.25, 0.3) is 5.91 Å². The Morgan fingerprint density at radius 3 is 1.86 bits per heavy atom. The van der Waals surface area contributed by atoms with Crippen LogP contribution in [0.4, 0.5) is 0 Å². The molecule has 2 N–H and O–H groups in total. The lowest BCUT2D eigenvalue weighted by Crippen LogP contribution is -2.50. The lowest BCUT2D eigenvalue weighted by molar-refractivity contribution is -0.162. The number of carboxylic acids is 1. The molecule has 0 aliphatic carbocycles. The third-order valence-corrected chi connectivity index (χ3v) is 3.89. The van der Waals surface area contributed by atoms with Crippen LogP contribution in [0.1, 0.15) is 24.2 Å². The first-order valence-electron chi connectivity index (χ1n) is 8.10. The molecule has 10 nitrogen and oxygen atoms in total. The number of carboxylic acid groups (broad SMARTS) is 1. The molecule has 0 aromatic heterocycles. The molecule has 0 unspecified atom stereocenters. The number of esters is 3. The van der Waals surface area contributed by atoms with Crippen LogP contribution >= 0.6 is 0 Å². The number of hydrogen-bond donors (Lipinski definition) is 2. The van der Waals surface area contributed by atoms with Gasteiger partial charge in [0.1, 0.15) is 11.8 Å². The van der Waals surface area contributed by atoms with E-state index in [-0.39, 0.29) is 11.3 Å². The lowest BCUT2D eigenvalue weighted by atomic mass is 9.87. The fourth-order valence-corrected chi connectivity index (χ4v) is 2.45. The van der Waals surface area contributed by atoms with Gasteiger partial charge in [-0.15, -0.1) is 0 Å². The summed E-state index contributed by atoms with van der Waals surface area (Å²) in [7, 11) is 2.09. The second-order valence-corrected chi connectivity index (χ2v) is 5.79. The van der Waals surface area contributed by atoms with Crippen LogP contribution in [0.2, 0.25) is 0 Å². The Hall–Kier alpha value is -3.43. The van der Waals surface area contributed by atoms with Gasteiger partial charge in [-0.1, -0.05) is 6.92 Å². The minimum Gasteiger partial charge on any atom is -0.480 e. The van der Waals surface area contributed by atoms with Gasteiger partial charge in [-0.2, -0.15) is 0 Å². The number of ether oxygens (including phenoxy) is 3. The number of methoxy groups -OCH3 is 2. The average molecular weight is 395 g/mol. The molecule has 10 heteroatoms. The quantitative estimate of drug-likeness (QED) is 0.363. The van der Waals surface area contributed by atoms with Gasteiger partial charge in [0.15, 0.2) is 5.92 Å². The van der Waals surface area contributed by atoms with Gasteiger partial charge in [0.2, 0.25) is 0 Å². The minimum absolute atomic E-state index is 0.0852. The molecule has 0 bridgehead atoms. The Bertz CT molecular complexity index is 741. The Balaban J connectivity index is 3.03. The van der Waals surface area contributed by atoms with Crippen LogP contribution in [0, 0.1) is 11.8 Å². The molecule has 1 aromatic carbocycles. The summed E-state index contributed by atoms with van der Waals surface area (Å²) in [6, 6.07) is 3.80. The summed E-state index contributed by atoms with van der Waals surface area (Å²) < 4.78 is 13.9. The third-order valence-electron chi connectivity index (χ3n) is 3.89. The van der Waals surface area contributed by atoms with Crippen molar-refractivity contribution in [2.45, 2.75) is 19.9 Å². The predicted octanol–water partition coefficient (Wildman–Crippen LogP) is 0.393. The molecule has 0 aliphatic heterocycles. The van der Waals surface area contributed by atoms with E-state index in [4.69, 9.17) is 4.74 Å². The summed E-state index contributed by atoms with van der Waals surface area (Å²) in [6.45, 7) is 2.53. The van der Waals surface area contributed by atoms with Gasteiger partial charge in [0.05, 0.1) is 14.2 Å². The van der Waals surface area contributed by atoms with Gasteiger partial charge in [-0.05, 0) is 24.3 Å². The summed E-state index contributed by atoms with van der Waals surface area (Å²) in [4.78, 5) is 58.7. The number of benzene rings is 1. The van der Waals surface area contributed by atoms with E-state index >= 15 is 0 Å². The molecule has 0 heterocycles. The van der Waals surface area contributed by atoms with E-state index in [1.807, 2.05) is 0 Å². The average Bonchev–Trinajstić information content (AvgIpc) is 2.65. The highest BCUT2D eigenvalue weighted by Gasteiger charge is 2.42. The topological polar surface area (TPSA) is 145 Å². The first kappa shape index (κ1) is 22.6. The SMILES string of the molecule is COC(=O)C(C(=O)OC)[C@@H](C)[C@H](NC(=O)c1ccc(OC(C)=O)cc1)C(=O)O. The highest BCUT2D eigenvalue weighted by molar-refractivity contribution is 5.98. The minimum atomic E-state index is -1.58. The van der Waals surface area contributed by atoms with Crippen LogP contribution in [-0.4, -0.2) is 55.2 Å². The van der Waals surface area contributed by atoms with Crippen molar-refractivity contribution in [1.82, 2.24) is 5.32 Å². The lowest BCUT2D eigenvalue weighted by Gasteiger charge is -2.26. The van der Waals surface area contributed by atoms with Crippen molar-refractivity contribution in [1.29, 1.82) is 0 Å². The van der Waals surface area contributed by atoms with E-state index in [1.165, 1.54) is 38.1 Å². The zero-order valence-electron chi connectivity index (χ0n) is 15.8. The zero-order chi connectivity index (χ0) is 21.4.